The fourth-order valence-electron chi connectivity index (χ4n) is 2.78. The molecule has 0 atom stereocenters. The highest BCUT2D eigenvalue weighted by molar-refractivity contribution is 7.89. The Bertz CT molecular complexity index is 1080. The molecule has 27 heavy (non-hydrogen) atoms. The Morgan fingerprint density at radius 3 is 2.00 bits per heavy atom. The maximum atomic E-state index is 13.4. The monoisotopic (exact) mass is 395 g/mol. The molecule has 3 aromatic rings. The molecule has 9 heteroatoms. The van der Waals surface area contributed by atoms with Crippen LogP contribution < -0.4 is 5.14 Å². The molecule has 0 spiro atoms. The Labute approximate surface area is 154 Å². The summed E-state index contributed by atoms with van der Waals surface area (Å²) in [6.07, 6.45) is -4.62. The zero-order valence-corrected chi connectivity index (χ0v) is 15.3. The lowest BCUT2D eigenvalue weighted by Gasteiger charge is -2.10. The quantitative estimate of drug-likeness (QED) is 0.732. The van der Waals surface area contributed by atoms with Crippen molar-refractivity contribution >= 4 is 10.0 Å². The Hall–Kier alpha value is -2.65. The molecule has 3 rings (SSSR count). The van der Waals surface area contributed by atoms with Crippen molar-refractivity contribution in [1.82, 2.24) is 9.78 Å². The van der Waals surface area contributed by atoms with E-state index in [2.05, 4.69) is 5.10 Å². The molecule has 2 N–H and O–H groups in total. The Kier molecular flexibility index (Phi) is 4.61. The van der Waals surface area contributed by atoms with Crippen LogP contribution in [0.25, 0.3) is 16.9 Å². The minimum absolute atomic E-state index is 0.0122. The summed E-state index contributed by atoms with van der Waals surface area (Å²) in [6, 6.07) is 12.2. The molecule has 142 valence electrons. The second-order valence-electron chi connectivity index (χ2n) is 6.14. The summed E-state index contributed by atoms with van der Waals surface area (Å²) >= 11 is 0. The zero-order chi connectivity index (χ0) is 20.0. The van der Waals surface area contributed by atoms with Crippen LogP contribution in [0.1, 0.15) is 16.8 Å². The Morgan fingerprint density at radius 1 is 0.963 bits per heavy atom. The molecule has 0 aliphatic carbocycles. The van der Waals surface area contributed by atoms with Gasteiger partial charge in [-0.15, -0.1) is 0 Å². The first-order valence-corrected chi connectivity index (χ1v) is 9.40. The van der Waals surface area contributed by atoms with Gasteiger partial charge in [0, 0.05) is 11.1 Å². The summed E-state index contributed by atoms with van der Waals surface area (Å²) in [4.78, 5) is -0.136. The topological polar surface area (TPSA) is 78.0 Å². The number of aromatic nitrogens is 2. The third-order valence-electron chi connectivity index (χ3n) is 4.13. The number of benzene rings is 2. The van der Waals surface area contributed by atoms with Crippen LogP contribution in [0.2, 0.25) is 0 Å². The van der Waals surface area contributed by atoms with Gasteiger partial charge in [0.2, 0.25) is 10.0 Å². The van der Waals surface area contributed by atoms with Crippen LogP contribution in [0.5, 0.6) is 0 Å². The van der Waals surface area contributed by atoms with Crippen molar-refractivity contribution in [2.24, 2.45) is 5.14 Å². The van der Waals surface area contributed by atoms with Crippen molar-refractivity contribution in [2.45, 2.75) is 24.9 Å². The van der Waals surface area contributed by atoms with Crippen LogP contribution >= 0.6 is 0 Å². The third-order valence-corrected chi connectivity index (χ3v) is 5.05. The van der Waals surface area contributed by atoms with Gasteiger partial charge in [-0.05, 0) is 38.1 Å². The van der Waals surface area contributed by atoms with Crippen LogP contribution in [0.4, 0.5) is 13.2 Å². The van der Waals surface area contributed by atoms with E-state index >= 15 is 0 Å². The molecular formula is C18H16F3N3O2S. The molecule has 0 unspecified atom stereocenters. The predicted molar refractivity (Wildman–Crippen MR) is 94.8 cm³/mol. The highest BCUT2D eigenvalue weighted by Gasteiger charge is 2.38. The van der Waals surface area contributed by atoms with Gasteiger partial charge in [0.05, 0.1) is 16.3 Å². The summed E-state index contributed by atoms with van der Waals surface area (Å²) in [6.45, 7) is 3.24. The van der Waals surface area contributed by atoms with Gasteiger partial charge in [0.1, 0.15) is 0 Å². The number of hydrogen-bond acceptors (Lipinski definition) is 3. The Morgan fingerprint density at radius 2 is 1.52 bits per heavy atom. The van der Waals surface area contributed by atoms with Crippen molar-refractivity contribution in [3.8, 4) is 16.9 Å². The summed E-state index contributed by atoms with van der Waals surface area (Å²) in [5.41, 5.74) is 1.10. The average Bonchev–Trinajstić information content (AvgIpc) is 2.92. The predicted octanol–water partition coefficient (Wildman–Crippen LogP) is 3.82. The fraction of sp³-hybridized carbons (Fsp3) is 0.167. The molecule has 0 saturated heterocycles. The van der Waals surface area contributed by atoms with Gasteiger partial charge in [-0.1, -0.05) is 29.8 Å². The van der Waals surface area contributed by atoms with Gasteiger partial charge in [0.25, 0.3) is 0 Å². The number of hydrogen-bond donors (Lipinski definition) is 1. The number of halogens is 3. The molecule has 0 amide bonds. The van der Waals surface area contributed by atoms with Gasteiger partial charge in [-0.25, -0.2) is 18.2 Å². The lowest BCUT2D eigenvalue weighted by atomic mass is 10.0. The summed E-state index contributed by atoms with van der Waals surface area (Å²) in [5.74, 6) is 0. The molecule has 0 fully saturated rings. The largest absolute Gasteiger partial charge is 0.435 e. The van der Waals surface area contributed by atoms with Gasteiger partial charge >= 0.3 is 6.18 Å². The lowest BCUT2D eigenvalue weighted by Crippen LogP contribution is -2.12. The fourth-order valence-corrected chi connectivity index (χ4v) is 3.29. The van der Waals surface area contributed by atoms with E-state index in [1.54, 1.807) is 24.3 Å². The molecular weight excluding hydrogens is 379 g/mol. The van der Waals surface area contributed by atoms with E-state index in [1.807, 2.05) is 6.92 Å². The second-order valence-corrected chi connectivity index (χ2v) is 7.70. The van der Waals surface area contributed by atoms with Gasteiger partial charge < -0.3 is 0 Å². The van der Waals surface area contributed by atoms with E-state index in [1.165, 1.54) is 31.2 Å². The second kappa shape index (κ2) is 6.50. The standard InChI is InChI=1S/C18H16F3N3O2S/c1-11-3-5-13(6-4-11)16-12(2)17(18(19,20)21)23-24(16)14-7-9-15(10-8-14)27(22,25)26/h3-10H,1-2H3,(H2,22,25,26). The maximum Gasteiger partial charge on any atom is 0.435 e. The van der Waals surface area contributed by atoms with Crippen molar-refractivity contribution < 1.29 is 21.6 Å². The smallest absolute Gasteiger partial charge is 0.232 e. The molecule has 0 aliphatic rings. The first-order valence-electron chi connectivity index (χ1n) is 7.85. The molecule has 2 aromatic carbocycles. The van der Waals surface area contributed by atoms with E-state index < -0.39 is 21.9 Å². The van der Waals surface area contributed by atoms with Gasteiger partial charge in [-0.2, -0.15) is 18.3 Å². The van der Waals surface area contributed by atoms with E-state index in [0.717, 1.165) is 10.2 Å². The summed E-state index contributed by atoms with van der Waals surface area (Å²) in [7, 11) is -3.90. The first-order chi connectivity index (χ1) is 12.5. The number of alkyl halides is 3. The van der Waals surface area contributed by atoms with E-state index in [9.17, 15) is 21.6 Å². The van der Waals surface area contributed by atoms with Crippen LogP contribution in [0.15, 0.2) is 53.4 Å². The van der Waals surface area contributed by atoms with Crippen LogP contribution in [0.3, 0.4) is 0 Å². The van der Waals surface area contributed by atoms with E-state index in [4.69, 9.17) is 5.14 Å². The molecule has 0 bridgehead atoms. The SMILES string of the molecule is Cc1ccc(-c2c(C)c(C(F)(F)F)nn2-c2ccc(S(N)(=O)=O)cc2)cc1. The normalized spacial score (nSPS) is 12.4. The highest BCUT2D eigenvalue weighted by Crippen LogP contribution is 2.37. The van der Waals surface area contributed by atoms with Gasteiger partial charge in [-0.3, -0.25) is 0 Å². The van der Waals surface area contributed by atoms with Gasteiger partial charge in [0.15, 0.2) is 5.69 Å². The van der Waals surface area contributed by atoms with Crippen molar-refractivity contribution in [3.05, 3.63) is 65.4 Å². The lowest BCUT2D eigenvalue weighted by molar-refractivity contribution is -0.141. The zero-order valence-electron chi connectivity index (χ0n) is 14.4. The molecule has 0 aliphatic heterocycles. The molecule has 0 radical (unpaired) electrons. The first kappa shape index (κ1) is 19.1. The molecule has 1 aromatic heterocycles. The van der Waals surface area contributed by atoms with Crippen molar-refractivity contribution in [2.75, 3.05) is 0 Å². The molecule has 1 heterocycles. The number of sulfonamides is 1. The number of primary sulfonamides is 1. The molecule has 0 saturated carbocycles. The minimum atomic E-state index is -4.62. The number of nitrogens with zero attached hydrogens (tertiary/aromatic N) is 2. The average molecular weight is 395 g/mol. The maximum absolute atomic E-state index is 13.4. The van der Waals surface area contributed by atoms with Crippen molar-refractivity contribution in [1.29, 1.82) is 0 Å². The van der Waals surface area contributed by atoms with Crippen LogP contribution in [-0.2, 0) is 16.2 Å². The Balaban J connectivity index is 2.24. The van der Waals surface area contributed by atoms with Crippen LogP contribution in [0, 0.1) is 13.8 Å². The number of nitrogens with two attached hydrogens (primary N) is 1. The van der Waals surface area contributed by atoms with E-state index in [0.29, 0.717) is 5.56 Å². The highest BCUT2D eigenvalue weighted by atomic mass is 32.2. The summed E-state index contributed by atoms with van der Waals surface area (Å²) < 4.78 is 64.1. The minimum Gasteiger partial charge on any atom is -0.232 e. The van der Waals surface area contributed by atoms with E-state index in [-0.39, 0.29) is 21.8 Å². The van der Waals surface area contributed by atoms with Crippen molar-refractivity contribution in [3.63, 3.8) is 0 Å². The molecule has 5 nitrogen and oxygen atoms in total. The number of rotatable bonds is 3. The van der Waals surface area contributed by atoms with Crippen LogP contribution in [-0.4, -0.2) is 18.2 Å². The number of aryl methyl sites for hydroxylation is 1. The summed E-state index contributed by atoms with van der Waals surface area (Å²) in [5, 5.41) is 8.82. The third kappa shape index (κ3) is 3.74.